The van der Waals surface area contributed by atoms with E-state index < -0.39 is 0 Å². The molecule has 7 nitrogen and oxygen atoms in total. The molecular formula is C19H34N6O. The highest BCUT2D eigenvalue weighted by Gasteiger charge is 2.21. The minimum absolute atomic E-state index is 0.0393. The molecule has 2 aliphatic rings. The van der Waals surface area contributed by atoms with Gasteiger partial charge < -0.3 is 20.4 Å². The number of likely N-dealkylation sites (tertiary alicyclic amines) is 1. The maximum absolute atomic E-state index is 12.4. The quantitative estimate of drug-likeness (QED) is 0.752. The molecule has 1 aromatic rings. The van der Waals surface area contributed by atoms with Crippen LogP contribution in [0.1, 0.15) is 42.2 Å². The minimum Gasteiger partial charge on any atom is -0.350 e. The van der Waals surface area contributed by atoms with Crippen LogP contribution in [0.5, 0.6) is 0 Å². The van der Waals surface area contributed by atoms with Crippen molar-refractivity contribution in [3.05, 3.63) is 18.0 Å². The van der Waals surface area contributed by atoms with Gasteiger partial charge in [-0.15, -0.1) is 0 Å². The van der Waals surface area contributed by atoms with Gasteiger partial charge in [0, 0.05) is 32.4 Å². The maximum Gasteiger partial charge on any atom is 0.271 e. The van der Waals surface area contributed by atoms with Gasteiger partial charge in [-0.1, -0.05) is 0 Å². The van der Waals surface area contributed by atoms with E-state index in [1.165, 1.54) is 6.42 Å². The second-order valence-electron chi connectivity index (χ2n) is 7.98. The summed E-state index contributed by atoms with van der Waals surface area (Å²) in [5, 5.41) is 11.0. The van der Waals surface area contributed by atoms with Crippen LogP contribution in [0.15, 0.2) is 12.3 Å². The van der Waals surface area contributed by atoms with Crippen LogP contribution in [0, 0.1) is 5.92 Å². The Morgan fingerprint density at radius 3 is 2.85 bits per heavy atom. The van der Waals surface area contributed by atoms with Gasteiger partial charge >= 0.3 is 0 Å². The summed E-state index contributed by atoms with van der Waals surface area (Å²) in [5.41, 5.74) is 0.541. The number of hydrogen-bond acceptors (Lipinski definition) is 5. The average molecular weight is 363 g/mol. The Hall–Kier alpha value is -1.44. The molecule has 1 amide bonds. The van der Waals surface area contributed by atoms with Crippen molar-refractivity contribution < 1.29 is 4.79 Å². The van der Waals surface area contributed by atoms with Gasteiger partial charge in [-0.25, -0.2) is 0 Å². The van der Waals surface area contributed by atoms with Crippen LogP contribution in [0.4, 0.5) is 0 Å². The summed E-state index contributed by atoms with van der Waals surface area (Å²) in [5.74, 6) is 0.543. The Balaban J connectivity index is 1.38. The Bertz CT molecular complexity index is 558. The fourth-order valence-electron chi connectivity index (χ4n) is 3.80. The summed E-state index contributed by atoms with van der Waals surface area (Å²) < 4.78 is 1.95. The summed E-state index contributed by atoms with van der Waals surface area (Å²) in [6.07, 6.45) is 6.56. The summed E-state index contributed by atoms with van der Waals surface area (Å²) >= 11 is 0. The highest BCUT2D eigenvalue weighted by Crippen LogP contribution is 2.17. The zero-order chi connectivity index (χ0) is 18.4. The first-order valence-electron chi connectivity index (χ1n) is 10.0. The molecule has 2 saturated heterocycles. The van der Waals surface area contributed by atoms with Crippen molar-refractivity contribution >= 4 is 5.91 Å². The number of rotatable bonds is 7. The van der Waals surface area contributed by atoms with Crippen molar-refractivity contribution in [1.82, 2.24) is 30.2 Å². The lowest BCUT2D eigenvalue weighted by atomic mass is 9.97. The molecule has 0 aromatic carbocycles. The fourth-order valence-corrected chi connectivity index (χ4v) is 3.80. The van der Waals surface area contributed by atoms with Crippen molar-refractivity contribution in [3.63, 3.8) is 0 Å². The summed E-state index contributed by atoms with van der Waals surface area (Å²) in [4.78, 5) is 17.2. The lowest BCUT2D eigenvalue weighted by Gasteiger charge is -2.32. The zero-order valence-electron chi connectivity index (χ0n) is 16.3. The third kappa shape index (κ3) is 5.53. The number of hydrogen-bond donors (Lipinski definition) is 2. The summed E-state index contributed by atoms with van der Waals surface area (Å²) in [7, 11) is 4.24. The number of aromatic nitrogens is 2. The number of carbonyl (C=O) groups excluding carboxylic acids is 1. The first-order chi connectivity index (χ1) is 12.6. The highest BCUT2D eigenvalue weighted by atomic mass is 16.1. The van der Waals surface area contributed by atoms with Gasteiger partial charge in [-0.3, -0.25) is 9.48 Å². The number of nitrogens with zero attached hydrogens (tertiary/aromatic N) is 4. The maximum atomic E-state index is 12.4. The summed E-state index contributed by atoms with van der Waals surface area (Å²) in [6, 6.07) is 2.21. The largest absolute Gasteiger partial charge is 0.350 e. The number of nitrogens with one attached hydrogen (secondary N) is 2. The van der Waals surface area contributed by atoms with Crippen LogP contribution in [-0.4, -0.2) is 85.4 Å². The number of likely N-dealkylation sites (N-methyl/N-ethyl adjacent to an activating group) is 1. The van der Waals surface area contributed by atoms with Gasteiger partial charge in [0.2, 0.25) is 0 Å². The molecule has 3 rings (SSSR count). The molecule has 26 heavy (non-hydrogen) atoms. The Morgan fingerprint density at radius 1 is 1.35 bits per heavy atom. The van der Waals surface area contributed by atoms with E-state index in [1.54, 1.807) is 0 Å². The van der Waals surface area contributed by atoms with E-state index in [0.29, 0.717) is 17.7 Å². The SMILES string of the molecule is CN(C)CCN1CCC(CNC(=O)c2ccn(C3CCCNC3)n2)CC1. The molecule has 7 heteroatoms. The van der Waals surface area contributed by atoms with Crippen molar-refractivity contribution in [1.29, 1.82) is 0 Å². The predicted octanol–water partition coefficient (Wildman–Crippen LogP) is 0.811. The molecule has 2 fully saturated rings. The van der Waals surface area contributed by atoms with E-state index >= 15 is 0 Å². The van der Waals surface area contributed by atoms with Gasteiger partial charge in [0.1, 0.15) is 5.69 Å². The monoisotopic (exact) mass is 362 g/mol. The molecule has 2 aliphatic heterocycles. The van der Waals surface area contributed by atoms with E-state index in [0.717, 1.165) is 65.1 Å². The van der Waals surface area contributed by atoms with Crippen LogP contribution in [0.3, 0.4) is 0 Å². The zero-order valence-corrected chi connectivity index (χ0v) is 16.3. The van der Waals surface area contributed by atoms with Crippen molar-refractivity contribution in [2.75, 3.05) is 59.9 Å². The molecule has 1 atom stereocenters. The lowest BCUT2D eigenvalue weighted by Crippen LogP contribution is -2.41. The number of carbonyl (C=O) groups is 1. The third-order valence-electron chi connectivity index (χ3n) is 5.61. The average Bonchev–Trinajstić information content (AvgIpc) is 3.16. The fraction of sp³-hybridized carbons (Fsp3) is 0.789. The molecule has 2 N–H and O–H groups in total. The first kappa shape index (κ1) is 19.3. The molecule has 0 radical (unpaired) electrons. The van der Waals surface area contributed by atoms with E-state index in [-0.39, 0.29) is 5.91 Å². The van der Waals surface area contributed by atoms with Crippen LogP contribution < -0.4 is 10.6 Å². The summed E-state index contributed by atoms with van der Waals surface area (Å²) in [6.45, 7) is 7.31. The predicted molar refractivity (Wildman–Crippen MR) is 103 cm³/mol. The Labute approximate surface area is 157 Å². The van der Waals surface area contributed by atoms with E-state index in [1.807, 2.05) is 16.9 Å². The van der Waals surface area contributed by atoms with Gasteiger partial charge in [0.05, 0.1) is 6.04 Å². The van der Waals surface area contributed by atoms with Crippen molar-refractivity contribution in [3.8, 4) is 0 Å². The number of piperidine rings is 2. The first-order valence-corrected chi connectivity index (χ1v) is 10.0. The Morgan fingerprint density at radius 2 is 2.15 bits per heavy atom. The normalized spacial score (nSPS) is 22.7. The van der Waals surface area contributed by atoms with Gasteiger partial charge in [0.25, 0.3) is 5.91 Å². The standard InChI is InChI=1S/C19H34N6O/c1-23(2)12-13-24-9-5-16(6-10-24)14-21-19(26)18-7-11-25(22-18)17-4-3-8-20-15-17/h7,11,16-17,20H,3-6,8-10,12-15H2,1-2H3,(H,21,26). The molecule has 3 heterocycles. The van der Waals surface area contributed by atoms with Crippen LogP contribution in [0.25, 0.3) is 0 Å². The minimum atomic E-state index is -0.0393. The topological polar surface area (TPSA) is 65.4 Å². The van der Waals surface area contributed by atoms with Crippen LogP contribution in [-0.2, 0) is 0 Å². The molecule has 0 saturated carbocycles. The third-order valence-corrected chi connectivity index (χ3v) is 5.61. The van der Waals surface area contributed by atoms with E-state index in [4.69, 9.17) is 0 Å². The lowest BCUT2D eigenvalue weighted by molar-refractivity contribution is 0.0928. The second-order valence-corrected chi connectivity index (χ2v) is 7.98. The molecule has 0 bridgehead atoms. The molecule has 0 spiro atoms. The van der Waals surface area contributed by atoms with Gasteiger partial charge in [-0.2, -0.15) is 5.10 Å². The van der Waals surface area contributed by atoms with Crippen molar-refractivity contribution in [2.24, 2.45) is 5.92 Å². The van der Waals surface area contributed by atoms with Gasteiger partial charge in [0.15, 0.2) is 0 Å². The van der Waals surface area contributed by atoms with Gasteiger partial charge in [-0.05, 0) is 71.4 Å². The molecular weight excluding hydrogens is 328 g/mol. The van der Waals surface area contributed by atoms with Crippen LogP contribution >= 0.6 is 0 Å². The Kier molecular flexibility index (Phi) is 7.05. The number of amides is 1. The molecule has 0 aliphatic carbocycles. The highest BCUT2D eigenvalue weighted by molar-refractivity contribution is 5.92. The van der Waals surface area contributed by atoms with Crippen LogP contribution in [0.2, 0.25) is 0 Å². The van der Waals surface area contributed by atoms with Crippen molar-refractivity contribution in [2.45, 2.75) is 31.7 Å². The smallest absolute Gasteiger partial charge is 0.271 e. The van der Waals surface area contributed by atoms with E-state index in [2.05, 4.69) is 39.6 Å². The second kappa shape index (κ2) is 9.48. The van der Waals surface area contributed by atoms with E-state index in [9.17, 15) is 4.79 Å². The molecule has 1 unspecified atom stereocenters. The molecule has 146 valence electrons. The molecule has 1 aromatic heterocycles.